The van der Waals surface area contributed by atoms with Crippen molar-refractivity contribution in [3.63, 3.8) is 0 Å². The number of aliphatic imine (C=N–C) groups is 1. The third kappa shape index (κ3) is 5.03. The molecule has 3 rings (SSSR count). The summed E-state index contributed by atoms with van der Waals surface area (Å²) in [5, 5.41) is 13.6. The Morgan fingerprint density at radius 3 is 2.57 bits per heavy atom. The van der Waals surface area contributed by atoms with Crippen LogP contribution < -0.4 is 15.4 Å². The number of methoxy groups -OCH3 is 1. The SMILES string of the molecule is CN=C(NCCCn1nc(C)cc1C)NCc1ccc2cc(OC)ccc2c1. The van der Waals surface area contributed by atoms with E-state index in [0.717, 1.165) is 43.5 Å². The molecule has 0 spiro atoms. The number of benzene rings is 2. The molecule has 0 aliphatic rings. The molecule has 0 amide bonds. The summed E-state index contributed by atoms with van der Waals surface area (Å²) < 4.78 is 7.34. The highest BCUT2D eigenvalue weighted by atomic mass is 16.5. The molecule has 6 heteroatoms. The van der Waals surface area contributed by atoms with Gasteiger partial charge >= 0.3 is 0 Å². The average Bonchev–Trinajstić information content (AvgIpc) is 3.03. The molecular weight excluding hydrogens is 350 g/mol. The summed E-state index contributed by atoms with van der Waals surface area (Å²) in [6.07, 6.45) is 0.987. The van der Waals surface area contributed by atoms with Crippen LogP contribution in [0.4, 0.5) is 0 Å². The van der Waals surface area contributed by atoms with Gasteiger partial charge in [-0.2, -0.15) is 5.10 Å². The Labute approximate surface area is 166 Å². The van der Waals surface area contributed by atoms with Crippen LogP contribution in [-0.4, -0.2) is 36.4 Å². The topological polar surface area (TPSA) is 63.5 Å². The lowest BCUT2D eigenvalue weighted by Crippen LogP contribution is -2.37. The number of fused-ring (bicyclic) bond motifs is 1. The minimum Gasteiger partial charge on any atom is -0.497 e. The second-order valence-corrected chi connectivity index (χ2v) is 6.90. The number of hydrogen-bond donors (Lipinski definition) is 2. The predicted octanol–water partition coefficient (Wildman–Crippen LogP) is 3.42. The Hall–Kier alpha value is -3.02. The lowest BCUT2D eigenvalue weighted by atomic mass is 10.1. The first-order chi connectivity index (χ1) is 13.6. The van der Waals surface area contributed by atoms with E-state index in [9.17, 15) is 0 Å². The first-order valence-corrected chi connectivity index (χ1v) is 9.61. The number of aryl methyl sites for hydroxylation is 3. The van der Waals surface area contributed by atoms with E-state index in [-0.39, 0.29) is 0 Å². The zero-order valence-electron chi connectivity index (χ0n) is 17.1. The summed E-state index contributed by atoms with van der Waals surface area (Å²) >= 11 is 0. The number of ether oxygens (including phenoxy) is 1. The van der Waals surface area contributed by atoms with E-state index < -0.39 is 0 Å². The zero-order valence-corrected chi connectivity index (χ0v) is 17.1. The van der Waals surface area contributed by atoms with Gasteiger partial charge in [0.1, 0.15) is 5.75 Å². The summed E-state index contributed by atoms with van der Waals surface area (Å²) in [5.74, 6) is 1.69. The third-order valence-corrected chi connectivity index (χ3v) is 4.74. The second kappa shape index (κ2) is 9.26. The molecule has 2 aromatic carbocycles. The molecule has 2 N–H and O–H groups in total. The van der Waals surface area contributed by atoms with E-state index in [2.05, 4.69) is 68.7 Å². The number of guanidine groups is 1. The van der Waals surface area contributed by atoms with E-state index >= 15 is 0 Å². The maximum Gasteiger partial charge on any atom is 0.191 e. The van der Waals surface area contributed by atoms with Gasteiger partial charge in [-0.1, -0.05) is 18.2 Å². The van der Waals surface area contributed by atoms with Crippen LogP contribution in [0.1, 0.15) is 23.4 Å². The Morgan fingerprint density at radius 2 is 1.86 bits per heavy atom. The number of aromatic nitrogens is 2. The van der Waals surface area contributed by atoms with Crippen LogP contribution >= 0.6 is 0 Å². The molecule has 0 saturated carbocycles. The van der Waals surface area contributed by atoms with Gasteiger partial charge in [-0.15, -0.1) is 0 Å². The minimum atomic E-state index is 0.721. The van der Waals surface area contributed by atoms with Gasteiger partial charge in [-0.25, -0.2) is 0 Å². The molecule has 0 fully saturated rings. The molecule has 0 bridgehead atoms. The fourth-order valence-corrected chi connectivity index (χ4v) is 3.25. The standard InChI is InChI=1S/C22H29N5O/c1-16-12-17(2)27(26-16)11-5-10-24-22(23-3)25-15-18-6-7-20-14-21(28-4)9-8-19(20)13-18/h6-9,12-14H,5,10-11,15H2,1-4H3,(H2,23,24,25). The summed E-state index contributed by atoms with van der Waals surface area (Å²) in [6.45, 7) is 6.58. The molecule has 148 valence electrons. The van der Waals surface area contributed by atoms with E-state index in [0.29, 0.717) is 0 Å². The number of rotatable bonds is 7. The lowest BCUT2D eigenvalue weighted by Gasteiger charge is -2.13. The van der Waals surface area contributed by atoms with Gasteiger partial charge in [0.25, 0.3) is 0 Å². The molecule has 0 unspecified atom stereocenters. The van der Waals surface area contributed by atoms with Crippen molar-refractivity contribution in [3.05, 3.63) is 59.4 Å². The van der Waals surface area contributed by atoms with Crippen molar-refractivity contribution in [3.8, 4) is 5.75 Å². The molecule has 0 atom stereocenters. The van der Waals surface area contributed by atoms with Crippen molar-refractivity contribution in [2.24, 2.45) is 4.99 Å². The number of hydrogen-bond acceptors (Lipinski definition) is 3. The van der Waals surface area contributed by atoms with Gasteiger partial charge < -0.3 is 15.4 Å². The van der Waals surface area contributed by atoms with Crippen molar-refractivity contribution in [1.29, 1.82) is 0 Å². The number of nitrogens with one attached hydrogen (secondary N) is 2. The lowest BCUT2D eigenvalue weighted by molar-refractivity contribution is 0.415. The van der Waals surface area contributed by atoms with Crippen LogP contribution in [0.3, 0.4) is 0 Å². The number of nitrogens with zero attached hydrogens (tertiary/aromatic N) is 3. The molecular formula is C22H29N5O. The van der Waals surface area contributed by atoms with E-state index in [1.807, 2.05) is 13.0 Å². The van der Waals surface area contributed by atoms with Crippen molar-refractivity contribution < 1.29 is 4.74 Å². The monoisotopic (exact) mass is 379 g/mol. The second-order valence-electron chi connectivity index (χ2n) is 6.90. The Morgan fingerprint density at radius 1 is 1.07 bits per heavy atom. The van der Waals surface area contributed by atoms with Crippen molar-refractivity contribution in [1.82, 2.24) is 20.4 Å². The molecule has 0 saturated heterocycles. The van der Waals surface area contributed by atoms with Crippen LogP contribution in [0.25, 0.3) is 10.8 Å². The van der Waals surface area contributed by atoms with Gasteiger partial charge in [-0.3, -0.25) is 9.67 Å². The van der Waals surface area contributed by atoms with E-state index in [1.165, 1.54) is 22.0 Å². The highest BCUT2D eigenvalue weighted by Gasteiger charge is 2.03. The van der Waals surface area contributed by atoms with E-state index in [4.69, 9.17) is 4.74 Å². The van der Waals surface area contributed by atoms with Crippen molar-refractivity contribution in [2.45, 2.75) is 33.4 Å². The van der Waals surface area contributed by atoms with Crippen LogP contribution in [0, 0.1) is 13.8 Å². The summed E-state index contributed by atoms with van der Waals surface area (Å²) in [6, 6.07) is 14.7. The Kier molecular flexibility index (Phi) is 6.53. The fraction of sp³-hybridized carbons (Fsp3) is 0.364. The van der Waals surface area contributed by atoms with Gasteiger partial charge in [0.15, 0.2) is 5.96 Å². The minimum absolute atomic E-state index is 0.721. The molecule has 0 radical (unpaired) electrons. The quantitative estimate of drug-likeness (QED) is 0.375. The normalized spacial score (nSPS) is 11.6. The van der Waals surface area contributed by atoms with Crippen molar-refractivity contribution >= 4 is 16.7 Å². The van der Waals surface area contributed by atoms with Gasteiger partial charge in [0.2, 0.25) is 0 Å². The van der Waals surface area contributed by atoms with Gasteiger partial charge in [0.05, 0.1) is 12.8 Å². The van der Waals surface area contributed by atoms with Gasteiger partial charge in [-0.05, 0) is 60.9 Å². The maximum atomic E-state index is 5.29. The van der Waals surface area contributed by atoms with Crippen molar-refractivity contribution in [2.75, 3.05) is 20.7 Å². The Balaban J connectivity index is 1.48. The smallest absolute Gasteiger partial charge is 0.191 e. The summed E-state index contributed by atoms with van der Waals surface area (Å²) in [7, 11) is 3.48. The first kappa shape index (κ1) is 19.7. The molecule has 1 heterocycles. The summed E-state index contributed by atoms with van der Waals surface area (Å²) in [5.41, 5.74) is 3.48. The highest BCUT2D eigenvalue weighted by molar-refractivity contribution is 5.85. The molecule has 6 nitrogen and oxygen atoms in total. The zero-order chi connectivity index (χ0) is 19.9. The molecule has 28 heavy (non-hydrogen) atoms. The third-order valence-electron chi connectivity index (χ3n) is 4.74. The highest BCUT2D eigenvalue weighted by Crippen LogP contribution is 2.21. The van der Waals surface area contributed by atoms with Crippen LogP contribution in [0.5, 0.6) is 5.75 Å². The fourth-order valence-electron chi connectivity index (χ4n) is 3.25. The van der Waals surface area contributed by atoms with Crippen LogP contribution in [-0.2, 0) is 13.1 Å². The average molecular weight is 380 g/mol. The molecule has 3 aromatic rings. The Bertz CT molecular complexity index is 961. The van der Waals surface area contributed by atoms with Gasteiger partial charge in [0, 0.05) is 32.4 Å². The predicted molar refractivity (Wildman–Crippen MR) is 115 cm³/mol. The molecule has 0 aliphatic carbocycles. The summed E-state index contributed by atoms with van der Waals surface area (Å²) in [4.78, 5) is 4.31. The van der Waals surface area contributed by atoms with E-state index in [1.54, 1.807) is 14.2 Å². The largest absolute Gasteiger partial charge is 0.497 e. The van der Waals surface area contributed by atoms with Crippen LogP contribution in [0.15, 0.2) is 47.5 Å². The molecule has 1 aromatic heterocycles. The van der Waals surface area contributed by atoms with Crippen LogP contribution in [0.2, 0.25) is 0 Å². The molecule has 0 aliphatic heterocycles. The first-order valence-electron chi connectivity index (χ1n) is 9.61. The maximum absolute atomic E-state index is 5.29.